The molecule has 14 N–H and O–H groups in total. The summed E-state index contributed by atoms with van der Waals surface area (Å²) in [5.74, 6) is -11.7. The minimum Gasteiger partial charge on any atom is -0.610 e. The molecule has 5 rings (SSSR count). The Labute approximate surface area is 482 Å². The Kier molecular flexibility index (Phi) is 25.6. The van der Waals surface area contributed by atoms with Crippen molar-refractivity contribution in [2.75, 3.05) is 84.8 Å². The van der Waals surface area contributed by atoms with Crippen LogP contribution >= 0.6 is 0 Å². The van der Waals surface area contributed by atoms with Crippen molar-refractivity contribution in [3.05, 3.63) is 23.8 Å². The Bertz CT molecular complexity index is 2620. The summed E-state index contributed by atoms with van der Waals surface area (Å²) in [4.78, 5) is 141. The zero-order chi connectivity index (χ0) is 61.1. The first kappa shape index (κ1) is 66.9. The molecule has 1 saturated heterocycles. The number of carbonyl (C=O) groups excluding carboxylic acids is 10. The summed E-state index contributed by atoms with van der Waals surface area (Å²) in [5.41, 5.74) is 5.28. The lowest BCUT2D eigenvalue weighted by Gasteiger charge is -2.32. The monoisotopic (exact) mass is 1190 g/mol. The smallest absolute Gasteiger partial charge is 0.407 e. The molecule has 4 heterocycles. The molecule has 1 aromatic heterocycles. The van der Waals surface area contributed by atoms with Crippen LogP contribution < -0.4 is 53.0 Å². The molecule has 10 amide bonds. The SMILES string of the molecule is CC[C@H](C)[C@@H]1NC(=O)CNC(=O)C2Cc3c([nH]c4cc(OCCOCCOCCOCCNC(=O)OC(C)(C)C)ccc34)[S@+]([O-])CC(NC(=O)CNC1=O)C(=O)N[C@@H](CC(N)=O)C(=O)N1CC(O)C[C@H]1C(=O)N[C@@H]([C@@H](C)[C@@H](O)CO)C(=O)N2. The van der Waals surface area contributed by atoms with Gasteiger partial charge in [-0.1, -0.05) is 27.2 Å². The molecule has 0 saturated carbocycles. The largest absolute Gasteiger partial charge is 0.610 e. The van der Waals surface area contributed by atoms with Gasteiger partial charge in [0.25, 0.3) is 0 Å². The number of hydrogen-bond donors (Lipinski definition) is 13. The van der Waals surface area contributed by atoms with Gasteiger partial charge < -0.3 is 102 Å². The van der Waals surface area contributed by atoms with Gasteiger partial charge in [0.2, 0.25) is 58.2 Å². The van der Waals surface area contributed by atoms with E-state index >= 15 is 4.55 Å². The van der Waals surface area contributed by atoms with E-state index in [0.29, 0.717) is 11.8 Å². The van der Waals surface area contributed by atoms with Crippen molar-refractivity contribution < 1.29 is 91.5 Å². The Hall–Kier alpha value is -6.87. The molecule has 83 heavy (non-hydrogen) atoms. The number of benzene rings is 1. The molecule has 462 valence electrons. The van der Waals surface area contributed by atoms with Crippen molar-refractivity contribution in [1.82, 2.24) is 52.4 Å². The van der Waals surface area contributed by atoms with Gasteiger partial charge in [-0.05, 0) is 38.8 Å². The van der Waals surface area contributed by atoms with E-state index in [-0.39, 0.29) is 74.6 Å². The molecule has 0 radical (unpaired) electrons. The number of nitrogens with two attached hydrogens (primary N) is 1. The normalized spacial score (nSPS) is 24.8. The average Bonchev–Trinajstić information content (AvgIpc) is 3.11. The van der Waals surface area contributed by atoms with Crippen LogP contribution in [0.5, 0.6) is 5.75 Å². The van der Waals surface area contributed by atoms with Gasteiger partial charge in [0.05, 0.1) is 83.5 Å². The minimum atomic E-state index is -2.42. The van der Waals surface area contributed by atoms with Crippen molar-refractivity contribution >= 4 is 81.3 Å². The average molecular weight is 1190 g/mol. The molecule has 3 aliphatic heterocycles. The third-order valence-corrected chi connectivity index (χ3v) is 15.1. The molecule has 11 atom stereocenters. The standard InChI is InChI=1S/C52H79N11O19S/c1-7-27(2)42-47(73)56-22-40(68)57-36-26-83(77)49-32(31-9-8-30(19-33(31)60-49)81-17-16-80-15-14-79-13-12-78-11-10-54-51(76)82-52(4,5)6)20-34(44(70)55-23-41(69)61-42)58-48(74)43(28(3)38(66)25-64)62-46(72)37-18-29(65)24-63(37)50(75)35(21-39(53)67)59-45(36)71/h8-9,19,27-29,34-38,42-43,60,64-66H,7,10-18,20-26H2,1-6H3,(H2,53,67)(H,54,76)(H,55,70)(H,56,73)(H,57,68)(H,58,74)(H,59,71)(H,61,69)(H,62,72)/t27-,28-,29?,34?,35-,36?,37-,38-,42-,43-,83+/m0/s1. The van der Waals surface area contributed by atoms with Crippen LogP contribution in [0.4, 0.5) is 4.79 Å². The quantitative estimate of drug-likeness (QED) is 0.0438. The number of alkyl carbamates (subject to hydrolysis) is 1. The maximum absolute atomic E-state index is 15.0. The molecule has 0 spiro atoms. The van der Waals surface area contributed by atoms with Crippen LogP contribution in [0.2, 0.25) is 0 Å². The van der Waals surface area contributed by atoms with Crippen molar-refractivity contribution in [1.29, 1.82) is 0 Å². The number of carbonyl (C=O) groups is 10. The van der Waals surface area contributed by atoms with E-state index in [9.17, 15) is 63.3 Å². The predicted octanol–water partition coefficient (Wildman–Crippen LogP) is -4.67. The summed E-state index contributed by atoms with van der Waals surface area (Å²) in [5, 5.41) is 51.8. The van der Waals surface area contributed by atoms with E-state index in [2.05, 4.69) is 47.5 Å². The molecule has 2 bridgehead atoms. The fourth-order valence-corrected chi connectivity index (χ4v) is 10.5. The fourth-order valence-electron chi connectivity index (χ4n) is 9.08. The number of ether oxygens (including phenoxy) is 5. The van der Waals surface area contributed by atoms with Crippen LogP contribution in [0.1, 0.15) is 66.4 Å². The van der Waals surface area contributed by atoms with Crippen LogP contribution in [0.25, 0.3) is 10.9 Å². The first-order valence-electron chi connectivity index (χ1n) is 27.3. The molecule has 3 unspecified atom stereocenters. The number of amides is 10. The molecule has 0 aliphatic carbocycles. The zero-order valence-corrected chi connectivity index (χ0v) is 48.1. The van der Waals surface area contributed by atoms with Crippen LogP contribution in [0, 0.1) is 11.8 Å². The van der Waals surface area contributed by atoms with E-state index in [1.165, 1.54) is 13.0 Å². The van der Waals surface area contributed by atoms with Gasteiger partial charge >= 0.3 is 6.09 Å². The van der Waals surface area contributed by atoms with Crippen molar-refractivity contribution in [3.63, 3.8) is 0 Å². The highest BCUT2D eigenvalue weighted by Crippen LogP contribution is 2.32. The highest BCUT2D eigenvalue weighted by molar-refractivity contribution is 7.91. The van der Waals surface area contributed by atoms with Crippen molar-refractivity contribution in [3.8, 4) is 5.75 Å². The number of primary amides is 1. The second kappa shape index (κ2) is 31.7. The maximum Gasteiger partial charge on any atom is 0.407 e. The number of nitrogens with one attached hydrogen (secondary N) is 9. The summed E-state index contributed by atoms with van der Waals surface area (Å²) in [6.07, 6.45) is -5.07. The number of aliphatic hydroxyl groups is 3. The third kappa shape index (κ3) is 20.2. The van der Waals surface area contributed by atoms with Gasteiger partial charge in [-0.25, -0.2) is 4.79 Å². The van der Waals surface area contributed by atoms with Crippen molar-refractivity contribution in [2.24, 2.45) is 17.6 Å². The summed E-state index contributed by atoms with van der Waals surface area (Å²) in [6, 6.07) is -5.46. The summed E-state index contributed by atoms with van der Waals surface area (Å²) < 4.78 is 42.8. The van der Waals surface area contributed by atoms with Crippen LogP contribution in [-0.4, -0.2) is 228 Å². The number of hydrogen-bond acceptors (Lipinski definition) is 19. The first-order valence-corrected chi connectivity index (χ1v) is 28.6. The molecular formula is C52H79N11O19S. The maximum atomic E-state index is 15.0. The number of nitrogens with zero attached hydrogens (tertiary/aromatic N) is 1. The molecule has 1 aromatic carbocycles. The number of H-pyrrole nitrogens is 1. The fraction of sp³-hybridized carbons (Fsp3) is 0.654. The molecule has 31 heteroatoms. The molecule has 1 fully saturated rings. The van der Waals surface area contributed by atoms with Crippen LogP contribution in [0.3, 0.4) is 0 Å². The Balaban J connectivity index is 1.50. The Morgan fingerprint density at radius 1 is 0.819 bits per heavy atom. The molecular weight excluding hydrogens is 1110 g/mol. The van der Waals surface area contributed by atoms with Gasteiger partial charge in [-0.15, -0.1) is 0 Å². The van der Waals surface area contributed by atoms with Gasteiger partial charge in [-0.2, -0.15) is 0 Å². The topological polar surface area (TPSA) is 442 Å². The zero-order valence-electron chi connectivity index (χ0n) is 47.3. The second-order valence-electron chi connectivity index (χ2n) is 21.2. The first-order chi connectivity index (χ1) is 39.3. The lowest BCUT2D eigenvalue weighted by atomic mass is 9.93. The predicted molar refractivity (Wildman–Crippen MR) is 293 cm³/mol. The van der Waals surface area contributed by atoms with Crippen LogP contribution in [-0.2, 0) is 79.7 Å². The van der Waals surface area contributed by atoms with Crippen molar-refractivity contribution in [2.45, 2.75) is 126 Å². The van der Waals surface area contributed by atoms with Crippen LogP contribution in [0.15, 0.2) is 23.2 Å². The minimum absolute atomic E-state index is 0.0436. The molecule has 2 aromatic rings. The van der Waals surface area contributed by atoms with Gasteiger partial charge in [-0.3, -0.25) is 43.2 Å². The number of aromatic amines is 1. The third-order valence-electron chi connectivity index (χ3n) is 13.7. The van der Waals surface area contributed by atoms with E-state index in [1.807, 2.05) is 0 Å². The molecule has 30 nitrogen and oxygen atoms in total. The summed E-state index contributed by atoms with van der Waals surface area (Å²) in [7, 11) is 0. The number of rotatable bonds is 20. The summed E-state index contributed by atoms with van der Waals surface area (Å²) >= 11 is -2.42. The lowest BCUT2D eigenvalue weighted by Crippen LogP contribution is -2.62. The van der Waals surface area contributed by atoms with Gasteiger partial charge in [0.15, 0.2) is 6.04 Å². The summed E-state index contributed by atoms with van der Waals surface area (Å²) in [6.45, 7) is 8.63. The highest BCUT2D eigenvalue weighted by Gasteiger charge is 2.45. The number of fused-ring (bicyclic) bond motifs is 5. The number of aliphatic hydroxyl groups excluding tert-OH is 3. The Morgan fingerprint density at radius 3 is 2.10 bits per heavy atom. The van der Waals surface area contributed by atoms with E-state index in [1.54, 1.807) is 46.8 Å². The van der Waals surface area contributed by atoms with E-state index in [4.69, 9.17) is 29.4 Å². The van der Waals surface area contributed by atoms with E-state index < -0.39 is 188 Å². The number of aromatic nitrogens is 1. The van der Waals surface area contributed by atoms with E-state index in [0.717, 1.165) is 4.90 Å². The highest BCUT2D eigenvalue weighted by atomic mass is 32.2. The van der Waals surface area contributed by atoms with Gasteiger partial charge in [0.1, 0.15) is 53.9 Å². The molecule has 3 aliphatic rings. The van der Waals surface area contributed by atoms with Gasteiger partial charge in [0, 0.05) is 60.0 Å². The Morgan fingerprint density at radius 2 is 1.46 bits per heavy atom. The lowest BCUT2D eigenvalue weighted by molar-refractivity contribution is -0.144. The second-order valence-corrected chi connectivity index (χ2v) is 22.7.